The Morgan fingerprint density at radius 2 is 1.82 bits per heavy atom. The molecule has 0 saturated carbocycles. The lowest BCUT2D eigenvalue weighted by atomic mass is 9.97. The molecular formula is C22H40N2O4. The van der Waals surface area contributed by atoms with E-state index in [1.54, 1.807) is 7.11 Å². The fourth-order valence-corrected chi connectivity index (χ4v) is 3.19. The molecule has 0 fully saturated rings. The predicted octanol–water partition coefficient (Wildman–Crippen LogP) is 1.94. The molecule has 0 radical (unpaired) electrons. The quantitative estimate of drug-likeness (QED) is 0.350. The smallest absolute Gasteiger partial charge is 0.118 e. The molecule has 2 atom stereocenters. The Morgan fingerprint density at radius 3 is 2.43 bits per heavy atom. The second-order valence-corrected chi connectivity index (χ2v) is 7.21. The first-order valence-electron chi connectivity index (χ1n) is 10.6. The number of hydrogen-bond donors (Lipinski definition) is 3. The van der Waals surface area contributed by atoms with Crippen LogP contribution in [0, 0.1) is 5.92 Å². The maximum atomic E-state index is 10.1. The molecule has 2 unspecified atom stereocenters. The van der Waals surface area contributed by atoms with Gasteiger partial charge in [-0.15, -0.1) is 0 Å². The summed E-state index contributed by atoms with van der Waals surface area (Å²) in [6.07, 6.45) is 2.09. The molecule has 0 aliphatic heterocycles. The van der Waals surface area contributed by atoms with Crippen molar-refractivity contribution in [3.05, 3.63) is 29.8 Å². The molecule has 0 aromatic heterocycles. The zero-order chi connectivity index (χ0) is 20.6. The van der Waals surface area contributed by atoms with Crippen LogP contribution < -0.4 is 10.1 Å². The molecule has 0 amide bonds. The lowest BCUT2D eigenvalue weighted by molar-refractivity contribution is 0.0179. The summed E-state index contributed by atoms with van der Waals surface area (Å²) in [6.45, 7) is 10.0. The summed E-state index contributed by atoms with van der Waals surface area (Å²) in [7, 11) is 1.66. The van der Waals surface area contributed by atoms with E-state index in [0.29, 0.717) is 26.2 Å². The minimum atomic E-state index is -0.510. The fourth-order valence-electron chi connectivity index (χ4n) is 3.19. The van der Waals surface area contributed by atoms with Crippen molar-refractivity contribution >= 4 is 0 Å². The average Bonchev–Trinajstić information content (AvgIpc) is 2.71. The standard InChI is InChI=1S/C22H40N2O4/c1-4-24(5-2)13-6-12-23-16-21(26)18-28-17-20(11-14-25)15-19-7-9-22(27-3)10-8-19/h7-10,20-21,23,25-26H,4-6,11-18H2,1-3H3. The van der Waals surface area contributed by atoms with Gasteiger partial charge >= 0.3 is 0 Å². The third kappa shape index (κ3) is 11.0. The van der Waals surface area contributed by atoms with Crippen molar-refractivity contribution in [2.75, 3.05) is 59.7 Å². The van der Waals surface area contributed by atoms with Crippen LogP contribution in [0.1, 0.15) is 32.3 Å². The molecule has 0 aliphatic carbocycles. The van der Waals surface area contributed by atoms with Gasteiger partial charge in [-0.1, -0.05) is 26.0 Å². The van der Waals surface area contributed by atoms with E-state index in [-0.39, 0.29) is 12.5 Å². The van der Waals surface area contributed by atoms with Crippen LogP contribution in [-0.4, -0.2) is 80.9 Å². The molecule has 1 aromatic rings. The number of hydrogen-bond acceptors (Lipinski definition) is 6. The van der Waals surface area contributed by atoms with Crippen molar-refractivity contribution in [3.8, 4) is 5.75 Å². The fraction of sp³-hybridized carbons (Fsp3) is 0.727. The van der Waals surface area contributed by atoms with Crippen molar-refractivity contribution in [2.24, 2.45) is 5.92 Å². The number of ether oxygens (including phenoxy) is 2. The Kier molecular flexibility index (Phi) is 13.9. The van der Waals surface area contributed by atoms with Gasteiger partial charge in [0.05, 0.1) is 19.8 Å². The van der Waals surface area contributed by atoms with Crippen molar-refractivity contribution in [1.29, 1.82) is 0 Å². The molecule has 1 aromatic carbocycles. The second kappa shape index (κ2) is 15.7. The van der Waals surface area contributed by atoms with Gasteiger partial charge in [-0.25, -0.2) is 0 Å². The van der Waals surface area contributed by atoms with Crippen LogP contribution in [0.4, 0.5) is 0 Å². The molecule has 0 heterocycles. The van der Waals surface area contributed by atoms with Gasteiger partial charge in [0, 0.05) is 19.8 Å². The zero-order valence-electron chi connectivity index (χ0n) is 17.9. The maximum Gasteiger partial charge on any atom is 0.118 e. The molecule has 1 rings (SSSR count). The molecule has 162 valence electrons. The molecule has 0 aliphatic rings. The molecule has 6 heteroatoms. The SMILES string of the molecule is CCN(CC)CCCNCC(O)COCC(CCO)Cc1ccc(OC)cc1. The van der Waals surface area contributed by atoms with Gasteiger partial charge in [-0.3, -0.25) is 0 Å². The normalized spacial score (nSPS) is 13.6. The van der Waals surface area contributed by atoms with Crippen molar-refractivity contribution in [3.63, 3.8) is 0 Å². The first-order valence-corrected chi connectivity index (χ1v) is 10.6. The summed E-state index contributed by atoms with van der Waals surface area (Å²) in [5.74, 6) is 1.07. The number of nitrogens with one attached hydrogen (secondary N) is 1. The van der Waals surface area contributed by atoms with E-state index in [1.165, 1.54) is 5.56 Å². The predicted molar refractivity (Wildman–Crippen MR) is 114 cm³/mol. The summed E-state index contributed by atoms with van der Waals surface area (Å²) in [5, 5.41) is 22.7. The maximum absolute atomic E-state index is 10.1. The number of benzene rings is 1. The van der Waals surface area contributed by atoms with Gasteiger partial charge < -0.3 is 29.9 Å². The van der Waals surface area contributed by atoms with Crippen LogP contribution in [-0.2, 0) is 11.2 Å². The molecular weight excluding hydrogens is 356 g/mol. The highest BCUT2D eigenvalue weighted by Crippen LogP contribution is 2.17. The van der Waals surface area contributed by atoms with Crippen molar-refractivity contribution in [1.82, 2.24) is 10.2 Å². The Morgan fingerprint density at radius 1 is 1.11 bits per heavy atom. The lowest BCUT2D eigenvalue weighted by Gasteiger charge is -2.19. The van der Waals surface area contributed by atoms with Crippen LogP contribution in [0.2, 0.25) is 0 Å². The summed E-state index contributed by atoms with van der Waals surface area (Å²) >= 11 is 0. The summed E-state index contributed by atoms with van der Waals surface area (Å²) in [4.78, 5) is 2.39. The topological polar surface area (TPSA) is 74.2 Å². The van der Waals surface area contributed by atoms with E-state index in [9.17, 15) is 10.2 Å². The van der Waals surface area contributed by atoms with Crippen LogP contribution >= 0.6 is 0 Å². The molecule has 6 nitrogen and oxygen atoms in total. The van der Waals surface area contributed by atoms with E-state index in [1.807, 2.05) is 24.3 Å². The van der Waals surface area contributed by atoms with Gasteiger partial charge in [-0.05, 0) is 69.1 Å². The highest BCUT2D eigenvalue weighted by Gasteiger charge is 2.12. The summed E-state index contributed by atoms with van der Waals surface area (Å²) in [6, 6.07) is 7.98. The number of aliphatic hydroxyl groups excluding tert-OH is 2. The summed E-state index contributed by atoms with van der Waals surface area (Å²) < 4.78 is 10.9. The number of aliphatic hydroxyl groups is 2. The van der Waals surface area contributed by atoms with Gasteiger partial charge in [0.2, 0.25) is 0 Å². The Labute approximate surface area is 170 Å². The molecule has 0 bridgehead atoms. The average molecular weight is 397 g/mol. The van der Waals surface area contributed by atoms with E-state index in [0.717, 1.165) is 44.8 Å². The highest BCUT2D eigenvalue weighted by atomic mass is 16.5. The number of methoxy groups -OCH3 is 1. The van der Waals surface area contributed by atoms with E-state index in [4.69, 9.17) is 9.47 Å². The Bertz CT molecular complexity index is 480. The van der Waals surface area contributed by atoms with E-state index >= 15 is 0 Å². The molecule has 28 heavy (non-hydrogen) atoms. The van der Waals surface area contributed by atoms with Crippen LogP contribution in [0.5, 0.6) is 5.75 Å². The van der Waals surface area contributed by atoms with Crippen LogP contribution in [0.3, 0.4) is 0 Å². The molecule has 0 saturated heterocycles. The molecule has 0 spiro atoms. The van der Waals surface area contributed by atoms with E-state index in [2.05, 4.69) is 24.1 Å². The third-order valence-electron chi connectivity index (χ3n) is 4.99. The van der Waals surface area contributed by atoms with Crippen LogP contribution in [0.25, 0.3) is 0 Å². The van der Waals surface area contributed by atoms with Crippen LogP contribution in [0.15, 0.2) is 24.3 Å². The zero-order valence-corrected chi connectivity index (χ0v) is 17.9. The number of rotatable bonds is 17. The first kappa shape index (κ1) is 24.9. The largest absolute Gasteiger partial charge is 0.497 e. The minimum absolute atomic E-state index is 0.140. The highest BCUT2D eigenvalue weighted by molar-refractivity contribution is 5.27. The Balaban J connectivity index is 2.20. The van der Waals surface area contributed by atoms with Gasteiger partial charge in [-0.2, -0.15) is 0 Å². The van der Waals surface area contributed by atoms with Gasteiger partial charge in [0.25, 0.3) is 0 Å². The second-order valence-electron chi connectivity index (χ2n) is 7.21. The molecule has 3 N–H and O–H groups in total. The van der Waals surface area contributed by atoms with Crippen molar-refractivity contribution in [2.45, 2.75) is 39.2 Å². The van der Waals surface area contributed by atoms with Gasteiger partial charge in [0.15, 0.2) is 0 Å². The lowest BCUT2D eigenvalue weighted by Crippen LogP contribution is -2.33. The summed E-state index contributed by atoms with van der Waals surface area (Å²) in [5.41, 5.74) is 1.19. The van der Waals surface area contributed by atoms with Crippen molar-refractivity contribution < 1.29 is 19.7 Å². The monoisotopic (exact) mass is 396 g/mol. The third-order valence-corrected chi connectivity index (χ3v) is 4.99. The Hall–Kier alpha value is -1.18. The first-order chi connectivity index (χ1) is 13.6. The minimum Gasteiger partial charge on any atom is -0.497 e. The number of nitrogens with zero attached hydrogens (tertiary/aromatic N) is 1. The van der Waals surface area contributed by atoms with Gasteiger partial charge in [0.1, 0.15) is 5.75 Å². The van der Waals surface area contributed by atoms with E-state index < -0.39 is 6.10 Å².